The molecule has 1 heterocycles. The molecule has 0 spiro atoms. The molecule has 0 aliphatic heterocycles. The number of nitrogens with one attached hydrogen (secondary N) is 1. The van der Waals surface area contributed by atoms with Gasteiger partial charge in [0.15, 0.2) is 11.5 Å². The quantitative estimate of drug-likeness (QED) is 0.678. The van der Waals surface area contributed by atoms with Crippen LogP contribution in [0.5, 0.6) is 11.5 Å². The molecule has 26 heavy (non-hydrogen) atoms. The highest BCUT2D eigenvalue weighted by Gasteiger charge is 2.10. The maximum absolute atomic E-state index is 12.4. The summed E-state index contributed by atoms with van der Waals surface area (Å²) >= 11 is 1.67. The molecule has 0 aliphatic carbocycles. The Labute approximate surface area is 157 Å². The molecule has 1 amide bonds. The van der Waals surface area contributed by atoms with Crippen LogP contribution in [-0.2, 0) is 17.8 Å². The molecule has 5 heteroatoms. The van der Waals surface area contributed by atoms with Crippen LogP contribution in [0.15, 0.2) is 59.3 Å². The molecule has 0 aliphatic rings. The molecule has 134 valence electrons. The van der Waals surface area contributed by atoms with Gasteiger partial charge in [0.2, 0.25) is 5.91 Å². The molecule has 1 N–H and O–H groups in total. The van der Waals surface area contributed by atoms with E-state index in [-0.39, 0.29) is 5.91 Å². The molecule has 2 aromatic carbocycles. The minimum atomic E-state index is -0.0302. The average Bonchev–Trinajstić information content (AvgIpc) is 3.21. The van der Waals surface area contributed by atoms with Gasteiger partial charge in [-0.15, -0.1) is 0 Å². The smallest absolute Gasteiger partial charge is 0.224 e. The Kier molecular flexibility index (Phi) is 5.92. The van der Waals surface area contributed by atoms with Gasteiger partial charge in [0, 0.05) is 6.54 Å². The second-order valence-electron chi connectivity index (χ2n) is 5.81. The topological polar surface area (TPSA) is 47.6 Å². The summed E-state index contributed by atoms with van der Waals surface area (Å²) in [5.41, 5.74) is 4.32. The summed E-state index contributed by atoms with van der Waals surface area (Å²) in [4.78, 5) is 12.4. The molecule has 0 saturated heterocycles. The van der Waals surface area contributed by atoms with Gasteiger partial charge in [-0.1, -0.05) is 30.3 Å². The zero-order chi connectivity index (χ0) is 18.4. The summed E-state index contributed by atoms with van der Waals surface area (Å²) in [6.07, 6.45) is 0.293. The standard InChI is InChI=1S/C21H21NO3S/c1-24-19-8-7-15(11-20(19)25-2)12-21(23)22-13-16-5-3-4-6-18(16)17-9-10-26-14-17/h3-11,14H,12-13H2,1-2H3,(H,22,23). The number of hydrogen-bond acceptors (Lipinski definition) is 4. The van der Waals surface area contributed by atoms with Crippen molar-refractivity contribution in [1.29, 1.82) is 0 Å². The van der Waals surface area contributed by atoms with Crippen molar-refractivity contribution in [3.63, 3.8) is 0 Å². The van der Waals surface area contributed by atoms with Crippen LogP contribution in [0, 0.1) is 0 Å². The average molecular weight is 367 g/mol. The van der Waals surface area contributed by atoms with E-state index in [0.717, 1.165) is 16.7 Å². The molecular weight excluding hydrogens is 346 g/mol. The van der Waals surface area contributed by atoms with Gasteiger partial charge in [-0.25, -0.2) is 0 Å². The second kappa shape index (κ2) is 8.54. The Hall–Kier alpha value is -2.79. The lowest BCUT2D eigenvalue weighted by atomic mass is 10.0. The molecule has 0 radical (unpaired) electrons. The Morgan fingerprint density at radius 2 is 1.85 bits per heavy atom. The highest BCUT2D eigenvalue weighted by molar-refractivity contribution is 7.08. The van der Waals surface area contributed by atoms with Crippen molar-refractivity contribution >= 4 is 17.2 Å². The van der Waals surface area contributed by atoms with Gasteiger partial charge >= 0.3 is 0 Å². The molecule has 0 fully saturated rings. The fraction of sp³-hybridized carbons (Fsp3) is 0.190. The third-order valence-corrected chi connectivity index (χ3v) is 4.82. The summed E-state index contributed by atoms with van der Waals surface area (Å²) in [6.45, 7) is 0.498. The second-order valence-corrected chi connectivity index (χ2v) is 6.59. The lowest BCUT2D eigenvalue weighted by Crippen LogP contribution is -2.24. The number of carbonyl (C=O) groups excluding carboxylic acids is 1. The van der Waals surface area contributed by atoms with E-state index in [9.17, 15) is 4.79 Å². The fourth-order valence-electron chi connectivity index (χ4n) is 2.81. The van der Waals surface area contributed by atoms with Gasteiger partial charge in [-0.05, 0) is 51.2 Å². The van der Waals surface area contributed by atoms with Crippen LogP contribution in [0.4, 0.5) is 0 Å². The number of methoxy groups -OCH3 is 2. The number of rotatable bonds is 7. The van der Waals surface area contributed by atoms with Gasteiger partial charge in [0.25, 0.3) is 0 Å². The fourth-order valence-corrected chi connectivity index (χ4v) is 3.46. The third kappa shape index (κ3) is 4.24. The number of carbonyl (C=O) groups is 1. The summed E-state index contributed by atoms with van der Waals surface area (Å²) in [7, 11) is 3.18. The van der Waals surface area contributed by atoms with Crippen LogP contribution >= 0.6 is 11.3 Å². The normalized spacial score (nSPS) is 10.4. The Morgan fingerprint density at radius 3 is 2.58 bits per heavy atom. The van der Waals surface area contributed by atoms with Crippen molar-refractivity contribution in [2.24, 2.45) is 0 Å². The van der Waals surface area contributed by atoms with E-state index in [4.69, 9.17) is 9.47 Å². The van der Waals surface area contributed by atoms with Crippen molar-refractivity contribution in [1.82, 2.24) is 5.32 Å². The molecule has 3 aromatic rings. The minimum absolute atomic E-state index is 0.0302. The minimum Gasteiger partial charge on any atom is -0.493 e. The third-order valence-electron chi connectivity index (χ3n) is 4.14. The number of thiophene rings is 1. The zero-order valence-corrected chi connectivity index (χ0v) is 15.6. The highest BCUT2D eigenvalue weighted by Crippen LogP contribution is 2.28. The van der Waals surface area contributed by atoms with E-state index in [1.807, 2.05) is 36.4 Å². The maximum Gasteiger partial charge on any atom is 0.224 e. The Balaban J connectivity index is 1.65. The molecule has 0 saturated carbocycles. The van der Waals surface area contributed by atoms with Crippen LogP contribution in [0.3, 0.4) is 0 Å². The SMILES string of the molecule is COc1ccc(CC(=O)NCc2ccccc2-c2ccsc2)cc1OC. The molecule has 0 unspecified atom stereocenters. The van der Waals surface area contributed by atoms with E-state index < -0.39 is 0 Å². The van der Waals surface area contributed by atoms with E-state index in [1.165, 1.54) is 5.56 Å². The first-order valence-corrected chi connectivity index (χ1v) is 9.23. The van der Waals surface area contributed by atoms with E-state index in [2.05, 4.69) is 28.2 Å². The molecule has 0 bridgehead atoms. The van der Waals surface area contributed by atoms with Crippen LogP contribution < -0.4 is 14.8 Å². The van der Waals surface area contributed by atoms with Gasteiger partial charge in [-0.2, -0.15) is 11.3 Å². The first-order chi connectivity index (χ1) is 12.7. The zero-order valence-electron chi connectivity index (χ0n) is 14.8. The van der Waals surface area contributed by atoms with Gasteiger partial charge in [0.05, 0.1) is 20.6 Å². The van der Waals surface area contributed by atoms with E-state index in [1.54, 1.807) is 25.6 Å². The molecule has 1 aromatic heterocycles. The lowest BCUT2D eigenvalue weighted by Gasteiger charge is -2.11. The Morgan fingerprint density at radius 1 is 1.04 bits per heavy atom. The van der Waals surface area contributed by atoms with Crippen molar-refractivity contribution in [2.45, 2.75) is 13.0 Å². The summed E-state index contributed by atoms with van der Waals surface area (Å²) in [5, 5.41) is 7.18. The van der Waals surface area contributed by atoms with Crippen LogP contribution in [-0.4, -0.2) is 20.1 Å². The summed E-state index contributed by atoms with van der Waals surface area (Å²) < 4.78 is 10.5. The van der Waals surface area contributed by atoms with Crippen LogP contribution in [0.2, 0.25) is 0 Å². The van der Waals surface area contributed by atoms with Gasteiger partial charge in [-0.3, -0.25) is 4.79 Å². The molecule has 4 nitrogen and oxygen atoms in total. The van der Waals surface area contributed by atoms with Crippen LogP contribution in [0.25, 0.3) is 11.1 Å². The number of hydrogen-bond donors (Lipinski definition) is 1. The largest absolute Gasteiger partial charge is 0.493 e. The van der Waals surface area contributed by atoms with Gasteiger partial charge in [0.1, 0.15) is 0 Å². The van der Waals surface area contributed by atoms with Crippen molar-refractivity contribution in [3.05, 3.63) is 70.4 Å². The molecule has 3 rings (SSSR count). The van der Waals surface area contributed by atoms with Crippen molar-refractivity contribution in [2.75, 3.05) is 14.2 Å². The van der Waals surface area contributed by atoms with Crippen LogP contribution in [0.1, 0.15) is 11.1 Å². The summed E-state index contributed by atoms with van der Waals surface area (Å²) in [5.74, 6) is 1.25. The van der Waals surface area contributed by atoms with Gasteiger partial charge < -0.3 is 14.8 Å². The summed E-state index contributed by atoms with van der Waals surface area (Å²) in [6, 6.07) is 15.7. The van der Waals surface area contributed by atoms with Crippen molar-refractivity contribution in [3.8, 4) is 22.6 Å². The Bertz CT molecular complexity index is 875. The predicted octanol–water partition coefficient (Wildman–Crippen LogP) is 4.29. The maximum atomic E-state index is 12.4. The predicted molar refractivity (Wildman–Crippen MR) is 105 cm³/mol. The monoisotopic (exact) mass is 367 g/mol. The number of benzene rings is 2. The lowest BCUT2D eigenvalue weighted by molar-refractivity contribution is -0.120. The van der Waals surface area contributed by atoms with E-state index in [0.29, 0.717) is 24.5 Å². The highest BCUT2D eigenvalue weighted by atomic mass is 32.1. The molecular formula is C21H21NO3S. The molecule has 0 atom stereocenters. The van der Waals surface area contributed by atoms with E-state index >= 15 is 0 Å². The number of ether oxygens (including phenoxy) is 2. The first-order valence-electron chi connectivity index (χ1n) is 8.29. The van der Waals surface area contributed by atoms with Crippen molar-refractivity contribution < 1.29 is 14.3 Å². The number of amides is 1. The first kappa shape index (κ1) is 18.0.